The number of hydrogen-bond donors (Lipinski definition) is 0. The lowest BCUT2D eigenvalue weighted by atomic mass is 10.2. The summed E-state index contributed by atoms with van der Waals surface area (Å²) in [6.45, 7) is 3.19. The second-order valence-electron chi connectivity index (χ2n) is 8.43. The largest absolute Gasteiger partial charge is 0.471 e. The lowest BCUT2D eigenvalue weighted by molar-refractivity contribution is -0.386. The molecule has 2 aromatic heterocycles. The molecule has 0 saturated heterocycles. The van der Waals surface area contributed by atoms with Crippen molar-refractivity contribution in [3.63, 3.8) is 0 Å². The number of carbonyl (C=O) groups is 1. The zero-order chi connectivity index (χ0) is 27.5. The third kappa shape index (κ3) is 4.97. The van der Waals surface area contributed by atoms with Crippen LogP contribution in [-0.2, 0) is 9.53 Å². The van der Waals surface area contributed by atoms with Crippen LogP contribution in [0.15, 0.2) is 87.1 Å². The highest BCUT2D eigenvalue weighted by molar-refractivity contribution is 5.87. The highest BCUT2D eigenvalue weighted by Crippen LogP contribution is 2.32. The number of fused-ring (bicyclic) bond motifs is 2. The number of hydrogen-bond acceptors (Lipinski definition) is 9. The Morgan fingerprint density at radius 2 is 1.92 bits per heavy atom. The first-order chi connectivity index (χ1) is 18.9. The van der Waals surface area contributed by atoms with Crippen LogP contribution in [0.2, 0.25) is 0 Å². The fraction of sp³-hybridized carbons (Fsp3) is 0.143. The number of ether oxygens (including phenoxy) is 2. The molecule has 11 heteroatoms. The first kappa shape index (κ1) is 25.3. The molecule has 0 bridgehead atoms. The second-order valence-corrected chi connectivity index (χ2v) is 8.43. The van der Waals surface area contributed by atoms with E-state index in [4.69, 9.17) is 13.9 Å². The zero-order valence-corrected chi connectivity index (χ0v) is 20.9. The summed E-state index contributed by atoms with van der Waals surface area (Å²) < 4.78 is 17.7. The van der Waals surface area contributed by atoms with Crippen molar-refractivity contribution in [3.8, 4) is 17.3 Å². The number of rotatable bonds is 8. The van der Waals surface area contributed by atoms with Crippen molar-refractivity contribution >= 4 is 39.7 Å². The maximum Gasteiger partial charge on any atom is 0.347 e. The van der Waals surface area contributed by atoms with Gasteiger partial charge in [0.05, 0.1) is 28.6 Å². The number of aromatic nitrogens is 2. The van der Waals surface area contributed by atoms with Gasteiger partial charge in [0.25, 0.3) is 5.56 Å². The Labute approximate surface area is 221 Å². The Bertz CT molecular complexity index is 1770. The van der Waals surface area contributed by atoms with E-state index in [0.29, 0.717) is 22.2 Å². The molecular weight excluding hydrogens is 504 g/mol. The molecule has 5 rings (SSSR count). The fourth-order valence-electron chi connectivity index (χ4n) is 4.00. The van der Waals surface area contributed by atoms with Gasteiger partial charge in [0.1, 0.15) is 5.58 Å². The molecule has 0 aliphatic rings. The van der Waals surface area contributed by atoms with E-state index < -0.39 is 22.6 Å². The van der Waals surface area contributed by atoms with Crippen molar-refractivity contribution in [2.75, 3.05) is 6.61 Å². The van der Waals surface area contributed by atoms with Gasteiger partial charge in [-0.05, 0) is 44.2 Å². The van der Waals surface area contributed by atoms with E-state index in [1.54, 1.807) is 43.3 Å². The van der Waals surface area contributed by atoms with Crippen molar-refractivity contribution in [2.24, 2.45) is 5.10 Å². The van der Waals surface area contributed by atoms with Gasteiger partial charge >= 0.3 is 11.7 Å². The SMILES string of the molecule is CCOC(=O)[C@H](C)Oc1c(C=Nn2c(-c3cc4ccccc4o3)nc3ccccc3c2=O)cccc1[N+](=O)[O-]. The van der Waals surface area contributed by atoms with Crippen molar-refractivity contribution < 1.29 is 23.6 Å². The van der Waals surface area contributed by atoms with Crippen LogP contribution in [-0.4, -0.2) is 39.5 Å². The Morgan fingerprint density at radius 3 is 2.69 bits per heavy atom. The number of para-hydroxylation sites is 3. The Kier molecular flexibility index (Phi) is 6.87. The van der Waals surface area contributed by atoms with Gasteiger partial charge in [0, 0.05) is 17.0 Å². The van der Waals surface area contributed by atoms with Crippen molar-refractivity contribution in [1.29, 1.82) is 0 Å². The zero-order valence-electron chi connectivity index (χ0n) is 20.9. The van der Waals surface area contributed by atoms with Gasteiger partial charge in [-0.1, -0.05) is 36.4 Å². The predicted octanol–water partition coefficient (Wildman–Crippen LogP) is 4.93. The van der Waals surface area contributed by atoms with Crippen molar-refractivity contribution in [2.45, 2.75) is 20.0 Å². The van der Waals surface area contributed by atoms with E-state index in [-0.39, 0.29) is 29.4 Å². The summed E-state index contributed by atoms with van der Waals surface area (Å²) >= 11 is 0. The van der Waals surface area contributed by atoms with Gasteiger partial charge in [-0.2, -0.15) is 9.78 Å². The van der Waals surface area contributed by atoms with E-state index in [2.05, 4.69) is 10.1 Å². The van der Waals surface area contributed by atoms with Crippen LogP contribution in [0.5, 0.6) is 5.75 Å². The molecule has 0 amide bonds. The first-order valence-electron chi connectivity index (χ1n) is 12.0. The number of nitro benzene ring substituents is 1. The quantitative estimate of drug-likeness (QED) is 0.120. The van der Waals surface area contributed by atoms with Crippen LogP contribution in [0, 0.1) is 10.1 Å². The topological polar surface area (TPSA) is 139 Å². The van der Waals surface area contributed by atoms with Gasteiger partial charge < -0.3 is 13.9 Å². The van der Waals surface area contributed by atoms with Crippen molar-refractivity contribution in [3.05, 3.63) is 98.8 Å². The molecule has 0 unspecified atom stereocenters. The van der Waals surface area contributed by atoms with Crippen LogP contribution in [0.25, 0.3) is 33.5 Å². The van der Waals surface area contributed by atoms with E-state index in [9.17, 15) is 19.7 Å². The molecule has 1 atom stereocenters. The summed E-state index contributed by atoms with van der Waals surface area (Å²) in [4.78, 5) is 41.4. The summed E-state index contributed by atoms with van der Waals surface area (Å²) in [6.07, 6.45) is 0.110. The normalized spacial score (nSPS) is 12.2. The number of esters is 1. The number of carbonyl (C=O) groups excluding carboxylic acids is 1. The predicted molar refractivity (Wildman–Crippen MR) is 144 cm³/mol. The van der Waals surface area contributed by atoms with Crippen LogP contribution in [0.1, 0.15) is 19.4 Å². The van der Waals surface area contributed by atoms with Crippen LogP contribution in [0.4, 0.5) is 5.69 Å². The molecule has 39 heavy (non-hydrogen) atoms. The smallest absolute Gasteiger partial charge is 0.347 e. The highest BCUT2D eigenvalue weighted by Gasteiger charge is 2.25. The van der Waals surface area contributed by atoms with Crippen LogP contribution < -0.4 is 10.3 Å². The molecule has 11 nitrogen and oxygen atoms in total. The maximum absolute atomic E-state index is 13.5. The van der Waals surface area contributed by atoms with Gasteiger partial charge in [-0.25, -0.2) is 9.78 Å². The van der Waals surface area contributed by atoms with Crippen LogP contribution in [0.3, 0.4) is 0 Å². The minimum atomic E-state index is -1.13. The molecule has 0 radical (unpaired) electrons. The third-order valence-corrected chi connectivity index (χ3v) is 5.85. The van der Waals surface area contributed by atoms with Gasteiger partial charge in [-0.3, -0.25) is 14.9 Å². The van der Waals surface area contributed by atoms with E-state index in [1.807, 2.05) is 18.2 Å². The molecule has 0 aliphatic carbocycles. The molecule has 0 fully saturated rings. The maximum atomic E-state index is 13.5. The average molecular weight is 527 g/mol. The van der Waals surface area contributed by atoms with Crippen LogP contribution >= 0.6 is 0 Å². The van der Waals surface area contributed by atoms with E-state index in [0.717, 1.165) is 10.1 Å². The number of nitrogens with zero attached hydrogens (tertiary/aromatic N) is 4. The molecule has 0 spiro atoms. The third-order valence-electron chi connectivity index (χ3n) is 5.85. The second kappa shape index (κ2) is 10.6. The minimum absolute atomic E-state index is 0.125. The summed E-state index contributed by atoms with van der Waals surface area (Å²) in [5, 5.41) is 17.2. The Hall–Kier alpha value is -5.32. The average Bonchev–Trinajstić information content (AvgIpc) is 3.37. The first-order valence-corrected chi connectivity index (χ1v) is 12.0. The standard InChI is InChI=1S/C28H22N4O7/c1-3-37-28(34)17(2)38-25-19(10-8-13-22(25)32(35)36)16-29-31-26(24-15-18-9-4-7-14-23(18)39-24)30-21-12-6-5-11-20(21)27(31)33/h4-17H,3H2,1-2H3/t17-/m0/s1. The lowest BCUT2D eigenvalue weighted by Gasteiger charge is -2.15. The van der Waals surface area contributed by atoms with E-state index >= 15 is 0 Å². The monoisotopic (exact) mass is 526 g/mol. The molecule has 2 heterocycles. The van der Waals surface area contributed by atoms with Gasteiger partial charge in [0.15, 0.2) is 11.9 Å². The molecule has 3 aromatic carbocycles. The van der Waals surface area contributed by atoms with Crippen molar-refractivity contribution in [1.82, 2.24) is 9.66 Å². The molecule has 0 N–H and O–H groups in total. The number of nitro groups is 1. The molecule has 0 aliphatic heterocycles. The molecule has 196 valence electrons. The molecule has 5 aromatic rings. The molecular formula is C28H22N4O7. The fourth-order valence-corrected chi connectivity index (χ4v) is 4.00. The molecule has 0 saturated carbocycles. The highest BCUT2D eigenvalue weighted by atomic mass is 16.6. The number of benzene rings is 3. The van der Waals surface area contributed by atoms with E-state index in [1.165, 1.54) is 31.3 Å². The minimum Gasteiger partial charge on any atom is -0.471 e. The van der Waals surface area contributed by atoms with Gasteiger partial charge in [0.2, 0.25) is 11.6 Å². The van der Waals surface area contributed by atoms with Gasteiger partial charge in [-0.15, -0.1) is 0 Å². The number of furan rings is 1. The lowest BCUT2D eigenvalue weighted by Crippen LogP contribution is -2.27. The Morgan fingerprint density at radius 1 is 1.15 bits per heavy atom. The summed E-state index contributed by atoms with van der Waals surface area (Å²) in [5.74, 6) is -0.429. The summed E-state index contributed by atoms with van der Waals surface area (Å²) in [5.41, 5.74) is 0.368. The summed E-state index contributed by atoms with van der Waals surface area (Å²) in [6, 6.07) is 20.1. The summed E-state index contributed by atoms with van der Waals surface area (Å²) in [7, 11) is 0. The Balaban J connectivity index is 1.66.